The fraction of sp³-hybridized carbons (Fsp3) is 0.467. The predicted octanol–water partition coefficient (Wildman–Crippen LogP) is 6.43. The first-order chi connectivity index (χ1) is 18.3. The molecule has 4 rings (SSSR count). The highest BCUT2D eigenvalue weighted by Gasteiger charge is 2.37. The summed E-state index contributed by atoms with van der Waals surface area (Å²) in [4.78, 5) is 18.6. The van der Waals surface area contributed by atoms with E-state index in [1.807, 2.05) is 30.3 Å². The molecule has 2 heterocycles. The van der Waals surface area contributed by atoms with Gasteiger partial charge in [0.05, 0.1) is 30.2 Å². The summed E-state index contributed by atoms with van der Waals surface area (Å²) in [6.45, 7) is 2.65. The van der Waals surface area contributed by atoms with Gasteiger partial charge < -0.3 is 19.8 Å². The molecule has 2 aromatic carbocycles. The van der Waals surface area contributed by atoms with Gasteiger partial charge in [0.2, 0.25) is 0 Å². The van der Waals surface area contributed by atoms with Gasteiger partial charge in [-0.2, -0.15) is 0 Å². The number of aliphatic carboxylic acids is 1. The van der Waals surface area contributed by atoms with E-state index in [0.29, 0.717) is 29.2 Å². The summed E-state index contributed by atoms with van der Waals surface area (Å²) in [5.74, 6) is -0.358. The van der Waals surface area contributed by atoms with Crippen molar-refractivity contribution in [2.24, 2.45) is 5.41 Å². The van der Waals surface area contributed by atoms with Crippen LogP contribution in [-0.2, 0) is 11.2 Å². The minimum absolute atomic E-state index is 0.0940. The Morgan fingerprint density at radius 3 is 2.61 bits per heavy atom. The molecule has 204 valence electrons. The lowest BCUT2D eigenvalue weighted by atomic mass is 9.71. The van der Waals surface area contributed by atoms with Gasteiger partial charge in [0.1, 0.15) is 11.6 Å². The van der Waals surface area contributed by atoms with Gasteiger partial charge in [0.15, 0.2) is 0 Å². The van der Waals surface area contributed by atoms with Crippen molar-refractivity contribution < 1.29 is 24.1 Å². The molecule has 0 saturated carbocycles. The SMILES string of the molecule is COc1ccc2ncc(Cl)c(C(O)CCC3(CC(=O)O)CCN(CCCCc4ccc(F)cc4)CC3)c2c1. The van der Waals surface area contributed by atoms with Crippen LogP contribution in [0, 0.1) is 11.2 Å². The van der Waals surface area contributed by atoms with Crippen LogP contribution in [-0.4, -0.2) is 52.8 Å². The smallest absolute Gasteiger partial charge is 0.303 e. The predicted molar refractivity (Wildman–Crippen MR) is 147 cm³/mol. The van der Waals surface area contributed by atoms with Crippen LogP contribution in [0.5, 0.6) is 5.75 Å². The number of methoxy groups -OCH3 is 1. The second-order valence-corrected chi connectivity index (χ2v) is 10.9. The molecule has 6 nitrogen and oxygen atoms in total. The summed E-state index contributed by atoms with van der Waals surface area (Å²) >= 11 is 6.48. The van der Waals surface area contributed by atoms with E-state index in [0.717, 1.165) is 68.2 Å². The molecule has 8 heteroatoms. The highest BCUT2D eigenvalue weighted by molar-refractivity contribution is 6.32. The van der Waals surface area contributed by atoms with Crippen molar-refractivity contribution in [1.82, 2.24) is 9.88 Å². The number of piperidine rings is 1. The first-order valence-electron chi connectivity index (χ1n) is 13.3. The number of aromatic nitrogens is 1. The molecule has 0 radical (unpaired) electrons. The zero-order valence-electron chi connectivity index (χ0n) is 21.8. The van der Waals surface area contributed by atoms with Crippen LogP contribution in [0.3, 0.4) is 0 Å². The molecule has 1 aliphatic heterocycles. The molecule has 1 aliphatic rings. The molecule has 1 atom stereocenters. The summed E-state index contributed by atoms with van der Waals surface area (Å²) in [6, 6.07) is 12.2. The highest BCUT2D eigenvalue weighted by atomic mass is 35.5. The number of nitrogens with zero attached hydrogens (tertiary/aromatic N) is 2. The Bertz CT molecular complexity index is 1230. The second kappa shape index (κ2) is 12.9. The first-order valence-corrected chi connectivity index (χ1v) is 13.7. The van der Waals surface area contributed by atoms with Crippen LogP contribution in [0.25, 0.3) is 10.9 Å². The van der Waals surface area contributed by atoms with E-state index in [9.17, 15) is 19.4 Å². The third-order valence-electron chi connectivity index (χ3n) is 7.90. The van der Waals surface area contributed by atoms with E-state index < -0.39 is 12.1 Å². The maximum atomic E-state index is 13.1. The average Bonchev–Trinajstić information content (AvgIpc) is 2.91. The number of unbranched alkanes of at least 4 members (excludes halogenated alkanes) is 1. The Kier molecular flexibility index (Phi) is 9.58. The third-order valence-corrected chi connectivity index (χ3v) is 8.20. The molecular formula is C30H36ClFN2O4. The van der Waals surface area contributed by atoms with Gasteiger partial charge in [0, 0.05) is 17.1 Å². The van der Waals surface area contributed by atoms with Gasteiger partial charge in [-0.3, -0.25) is 9.78 Å². The lowest BCUT2D eigenvalue weighted by molar-refractivity contribution is -0.141. The van der Waals surface area contributed by atoms with Crippen molar-refractivity contribution in [1.29, 1.82) is 0 Å². The number of ether oxygens (including phenoxy) is 1. The Morgan fingerprint density at radius 1 is 1.18 bits per heavy atom. The molecule has 0 amide bonds. The molecule has 0 spiro atoms. The number of likely N-dealkylation sites (tertiary alicyclic amines) is 1. The number of carboxylic acid groups (broad SMARTS) is 1. The van der Waals surface area contributed by atoms with Crippen molar-refractivity contribution in [3.63, 3.8) is 0 Å². The molecular weight excluding hydrogens is 507 g/mol. The fourth-order valence-corrected chi connectivity index (χ4v) is 5.90. The number of rotatable bonds is 12. The number of hydrogen-bond donors (Lipinski definition) is 2. The van der Waals surface area contributed by atoms with Crippen LogP contribution < -0.4 is 4.74 Å². The van der Waals surface area contributed by atoms with Gasteiger partial charge in [-0.15, -0.1) is 0 Å². The molecule has 38 heavy (non-hydrogen) atoms. The number of aliphatic hydroxyl groups excluding tert-OH is 1. The summed E-state index contributed by atoms with van der Waals surface area (Å²) in [6.07, 6.45) is 6.38. The number of carboxylic acids is 1. The molecule has 0 bridgehead atoms. The van der Waals surface area contributed by atoms with Crippen molar-refractivity contribution in [2.75, 3.05) is 26.7 Å². The topological polar surface area (TPSA) is 82.9 Å². The van der Waals surface area contributed by atoms with Crippen LogP contribution in [0.15, 0.2) is 48.7 Å². The molecule has 2 N–H and O–H groups in total. The maximum Gasteiger partial charge on any atom is 0.303 e. The summed E-state index contributed by atoms with van der Waals surface area (Å²) in [7, 11) is 1.59. The zero-order valence-corrected chi connectivity index (χ0v) is 22.6. The van der Waals surface area contributed by atoms with Gasteiger partial charge in [0.25, 0.3) is 0 Å². The lowest BCUT2D eigenvalue weighted by Gasteiger charge is -2.41. The average molecular weight is 543 g/mol. The van der Waals surface area contributed by atoms with Crippen molar-refractivity contribution in [3.8, 4) is 5.75 Å². The summed E-state index contributed by atoms with van der Waals surface area (Å²) in [5, 5.41) is 22.0. The quantitative estimate of drug-likeness (QED) is 0.257. The van der Waals surface area contributed by atoms with Crippen molar-refractivity contribution >= 4 is 28.5 Å². The van der Waals surface area contributed by atoms with Crippen LogP contribution in [0.1, 0.15) is 62.2 Å². The van der Waals surface area contributed by atoms with E-state index in [1.54, 1.807) is 13.3 Å². The van der Waals surface area contributed by atoms with Gasteiger partial charge in [-0.25, -0.2) is 4.39 Å². The van der Waals surface area contributed by atoms with Gasteiger partial charge in [-0.1, -0.05) is 23.7 Å². The normalized spacial score (nSPS) is 16.4. The van der Waals surface area contributed by atoms with E-state index in [-0.39, 0.29) is 17.7 Å². The molecule has 1 aromatic heterocycles. The number of fused-ring (bicyclic) bond motifs is 1. The third kappa shape index (κ3) is 7.22. The molecule has 1 fully saturated rings. The minimum Gasteiger partial charge on any atom is -0.497 e. The van der Waals surface area contributed by atoms with E-state index >= 15 is 0 Å². The minimum atomic E-state index is -0.838. The monoisotopic (exact) mass is 542 g/mol. The number of carbonyl (C=O) groups is 1. The van der Waals surface area contributed by atoms with Crippen molar-refractivity contribution in [3.05, 3.63) is 70.6 Å². The number of aliphatic hydroxyl groups is 1. The molecule has 3 aromatic rings. The second-order valence-electron chi connectivity index (χ2n) is 10.5. The van der Waals surface area contributed by atoms with Crippen LogP contribution in [0.4, 0.5) is 4.39 Å². The van der Waals surface area contributed by atoms with Gasteiger partial charge >= 0.3 is 5.97 Å². The summed E-state index contributed by atoms with van der Waals surface area (Å²) in [5.41, 5.74) is 2.12. The fourth-order valence-electron chi connectivity index (χ4n) is 5.62. The number of benzene rings is 2. The Morgan fingerprint density at radius 2 is 1.92 bits per heavy atom. The number of halogens is 2. The van der Waals surface area contributed by atoms with E-state index in [4.69, 9.17) is 16.3 Å². The van der Waals surface area contributed by atoms with Crippen LogP contribution in [0.2, 0.25) is 5.02 Å². The van der Waals surface area contributed by atoms with Crippen molar-refractivity contribution in [2.45, 2.75) is 57.5 Å². The highest BCUT2D eigenvalue weighted by Crippen LogP contribution is 2.43. The maximum absolute atomic E-state index is 13.1. The first kappa shape index (κ1) is 28.3. The largest absolute Gasteiger partial charge is 0.497 e. The Hall–Kier alpha value is -2.74. The molecule has 1 unspecified atom stereocenters. The summed E-state index contributed by atoms with van der Waals surface area (Å²) < 4.78 is 18.4. The lowest BCUT2D eigenvalue weighted by Crippen LogP contribution is -2.41. The Labute approximate surface area is 228 Å². The molecule has 0 aliphatic carbocycles. The van der Waals surface area contributed by atoms with E-state index in [1.165, 1.54) is 12.1 Å². The standard InChI is InChI=1S/C30H36ClFN2O4/c1-38-23-9-10-26-24(18-23)29(25(31)20-33-26)27(35)11-12-30(19-28(36)37)13-16-34(17-14-30)15-3-2-4-21-5-7-22(32)8-6-21/h5-10,18,20,27,35H,2-4,11-17,19H2,1H3,(H,36,37). The van der Waals surface area contributed by atoms with Gasteiger partial charge in [-0.05, 0) is 106 Å². The van der Waals surface area contributed by atoms with Crippen LogP contribution >= 0.6 is 11.6 Å². The number of aryl methyl sites for hydroxylation is 1. The Balaban J connectivity index is 1.34. The number of pyridine rings is 1. The van der Waals surface area contributed by atoms with E-state index in [2.05, 4.69) is 9.88 Å². The molecule has 1 saturated heterocycles. The number of hydrogen-bond acceptors (Lipinski definition) is 5. The zero-order chi connectivity index (χ0) is 27.1.